The van der Waals surface area contributed by atoms with E-state index < -0.39 is 5.97 Å². The molecule has 168 valence electrons. The van der Waals surface area contributed by atoms with Crippen LogP contribution in [0.5, 0.6) is 0 Å². The van der Waals surface area contributed by atoms with Crippen LogP contribution < -0.4 is 4.90 Å². The van der Waals surface area contributed by atoms with E-state index in [1.165, 1.54) is 31.4 Å². The number of carbonyl (C=O) groups is 1. The standard InChI is InChI=1S/C24H28FN5O2/c1-15(2)22-21-20(29-12-10-28(11-13-29)17-4-3-5-17)14-19(24(31)32)26-23(21)30(27-22)18-8-6-16(25)7-9-18/h6-9,14-15,17H,3-5,10-13H2,1-2H3,(H,31,32). The molecule has 5 rings (SSSR count). The zero-order valence-corrected chi connectivity index (χ0v) is 18.5. The van der Waals surface area contributed by atoms with Crippen molar-refractivity contribution in [1.82, 2.24) is 19.7 Å². The van der Waals surface area contributed by atoms with E-state index in [9.17, 15) is 14.3 Å². The first-order valence-corrected chi connectivity index (χ1v) is 11.3. The maximum Gasteiger partial charge on any atom is 0.354 e. The van der Waals surface area contributed by atoms with Crippen molar-refractivity contribution in [2.45, 2.75) is 45.1 Å². The third-order valence-electron chi connectivity index (χ3n) is 6.73. The fourth-order valence-electron chi connectivity index (χ4n) is 4.73. The van der Waals surface area contributed by atoms with Gasteiger partial charge in [0, 0.05) is 32.2 Å². The second kappa shape index (κ2) is 8.16. The van der Waals surface area contributed by atoms with Gasteiger partial charge in [0.05, 0.1) is 22.5 Å². The van der Waals surface area contributed by atoms with Crippen molar-refractivity contribution in [1.29, 1.82) is 0 Å². The Morgan fingerprint density at radius 2 is 1.81 bits per heavy atom. The van der Waals surface area contributed by atoms with Gasteiger partial charge in [-0.15, -0.1) is 0 Å². The monoisotopic (exact) mass is 437 g/mol. The Balaban J connectivity index is 1.63. The van der Waals surface area contributed by atoms with Crippen LogP contribution in [-0.2, 0) is 0 Å². The van der Waals surface area contributed by atoms with E-state index >= 15 is 0 Å². The predicted molar refractivity (Wildman–Crippen MR) is 121 cm³/mol. The number of pyridine rings is 1. The number of piperazine rings is 1. The van der Waals surface area contributed by atoms with Gasteiger partial charge in [-0.3, -0.25) is 4.90 Å². The smallest absolute Gasteiger partial charge is 0.354 e. The van der Waals surface area contributed by atoms with Crippen LogP contribution in [0.15, 0.2) is 30.3 Å². The fraction of sp³-hybridized carbons (Fsp3) is 0.458. The summed E-state index contributed by atoms with van der Waals surface area (Å²) in [7, 11) is 0. The number of carboxylic acid groups (broad SMARTS) is 1. The third-order valence-corrected chi connectivity index (χ3v) is 6.73. The fourth-order valence-corrected chi connectivity index (χ4v) is 4.73. The summed E-state index contributed by atoms with van der Waals surface area (Å²) in [4.78, 5) is 21.2. The van der Waals surface area contributed by atoms with Gasteiger partial charge < -0.3 is 10.0 Å². The number of hydrogen-bond donors (Lipinski definition) is 1. The maximum absolute atomic E-state index is 13.5. The summed E-state index contributed by atoms with van der Waals surface area (Å²) >= 11 is 0. The van der Waals surface area contributed by atoms with Crippen LogP contribution in [0, 0.1) is 5.82 Å². The molecule has 7 nitrogen and oxygen atoms in total. The Morgan fingerprint density at radius 3 is 2.38 bits per heavy atom. The summed E-state index contributed by atoms with van der Waals surface area (Å²) in [5.74, 6) is -1.29. The molecule has 1 aromatic carbocycles. The van der Waals surface area contributed by atoms with Crippen molar-refractivity contribution in [3.63, 3.8) is 0 Å². The molecule has 3 aromatic rings. The molecule has 0 spiro atoms. The molecular weight excluding hydrogens is 409 g/mol. The van der Waals surface area contributed by atoms with Crippen LogP contribution in [0.2, 0.25) is 0 Å². The Bertz CT molecular complexity index is 1150. The van der Waals surface area contributed by atoms with E-state index in [4.69, 9.17) is 5.10 Å². The topological polar surface area (TPSA) is 74.5 Å². The molecule has 0 atom stereocenters. The molecule has 2 aliphatic rings. The van der Waals surface area contributed by atoms with E-state index in [2.05, 4.69) is 28.6 Å². The third kappa shape index (κ3) is 3.62. The zero-order chi connectivity index (χ0) is 22.4. The lowest BCUT2D eigenvalue weighted by atomic mass is 9.91. The highest BCUT2D eigenvalue weighted by molar-refractivity contribution is 5.98. The van der Waals surface area contributed by atoms with Crippen LogP contribution in [0.1, 0.15) is 55.2 Å². The Kier molecular flexibility index (Phi) is 5.33. The summed E-state index contributed by atoms with van der Waals surface area (Å²) < 4.78 is 15.2. The van der Waals surface area contributed by atoms with Gasteiger partial charge in [0.2, 0.25) is 0 Å². The highest BCUT2D eigenvalue weighted by Crippen LogP contribution is 2.36. The SMILES string of the molecule is CC(C)c1nn(-c2ccc(F)cc2)c2nc(C(=O)O)cc(N3CCN(C4CCC4)CC3)c12. The summed E-state index contributed by atoms with van der Waals surface area (Å²) in [6.07, 6.45) is 3.88. The van der Waals surface area contributed by atoms with E-state index in [0.717, 1.165) is 42.9 Å². The van der Waals surface area contributed by atoms with Gasteiger partial charge in [0.15, 0.2) is 11.3 Å². The molecular formula is C24H28FN5O2. The number of hydrogen-bond acceptors (Lipinski definition) is 5. The quantitative estimate of drug-likeness (QED) is 0.649. The van der Waals surface area contributed by atoms with Crippen LogP contribution in [0.4, 0.5) is 10.1 Å². The molecule has 0 bridgehead atoms. The molecule has 1 N–H and O–H groups in total. The summed E-state index contributed by atoms with van der Waals surface area (Å²) in [5, 5.41) is 15.5. The number of rotatable bonds is 5. The predicted octanol–water partition coefficient (Wildman–Crippen LogP) is 4.06. The van der Waals surface area contributed by atoms with E-state index in [1.807, 2.05) is 0 Å². The summed E-state index contributed by atoms with van der Waals surface area (Å²) in [5.41, 5.74) is 2.88. The molecule has 8 heteroatoms. The summed E-state index contributed by atoms with van der Waals surface area (Å²) in [6, 6.07) is 8.41. The molecule has 1 aliphatic heterocycles. The van der Waals surface area contributed by atoms with Gasteiger partial charge in [-0.1, -0.05) is 20.3 Å². The van der Waals surface area contributed by atoms with Gasteiger partial charge in [-0.25, -0.2) is 18.9 Å². The Labute approximate surface area is 186 Å². The zero-order valence-electron chi connectivity index (χ0n) is 18.5. The van der Waals surface area contributed by atoms with Crippen molar-refractivity contribution in [2.24, 2.45) is 0 Å². The molecule has 0 unspecified atom stereocenters. The largest absolute Gasteiger partial charge is 0.477 e. The molecule has 0 radical (unpaired) electrons. The van der Waals surface area contributed by atoms with Crippen LogP contribution in [-0.4, -0.2) is 63.0 Å². The minimum atomic E-state index is -1.07. The lowest BCUT2D eigenvalue weighted by molar-refractivity contribution is 0.0691. The lowest BCUT2D eigenvalue weighted by Gasteiger charge is -2.43. The van der Waals surface area contributed by atoms with Crippen molar-refractivity contribution in [3.05, 3.63) is 47.5 Å². The summed E-state index contributed by atoms with van der Waals surface area (Å²) in [6.45, 7) is 7.77. The maximum atomic E-state index is 13.5. The first kappa shape index (κ1) is 20.9. The Hall–Kier alpha value is -3.00. The van der Waals surface area contributed by atoms with Crippen LogP contribution in [0.3, 0.4) is 0 Å². The molecule has 0 amide bonds. The number of anilines is 1. The second-order valence-corrected chi connectivity index (χ2v) is 9.07. The molecule has 3 heterocycles. The number of benzene rings is 1. The minimum absolute atomic E-state index is 0.00695. The average Bonchev–Trinajstić information content (AvgIpc) is 3.13. The van der Waals surface area contributed by atoms with Crippen molar-refractivity contribution in [2.75, 3.05) is 31.1 Å². The van der Waals surface area contributed by atoms with Gasteiger partial charge in [-0.05, 0) is 49.1 Å². The first-order valence-electron chi connectivity index (χ1n) is 11.3. The van der Waals surface area contributed by atoms with Crippen molar-refractivity contribution >= 4 is 22.7 Å². The number of fused-ring (bicyclic) bond motifs is 1. The highest BCUT2D eigenvalue weighted by Gasteiger charge is 2.30. The Morgan fingerprint density at radius 1 is 1.12 bits per heavy atom. The van der Waals surface area contributed by atoms with E-state index in [1.54, 1.807) is 22.9 Å². The number of aromatic nitrogens is 3. The molecule has 2 aromatic heterocycles. The molecule has 1 aliphatic carbocycles. The first-order chi connectivity index (χ1) is 15.4. The molecule has 2 fully saturated rings. The van der Waals surface area contributed by atoms with Crippen molar-refractivity contribution < 1.29 is 14.3 Å². The van der Waals surface area contributed by atoms with E-state index in [-0.39, 0.29) is 17.4 Å². The molecule has 32 heavy (non-hydrogen) atoms. The van der Waals surface area contributed by atoms with Gasteiger partial charge >= 0.3 is 5.97 Å². The minimum Gasteiger partial charge on any atom is -0.477 e. The van der Waals surface area contributed by atoms with E-state index in [0.29, 0.717) is 17.4 Å². The average molecular weight is 438 g/mol. The number of halogens is 1. The van der Waals surface area contributed by atoms with Crippen LogP contribution >= 0.6 is 0 Å². The van der Waals surface area contributed by atoms with Crippen molar-refractivity contribution in [3.8, 4) is 5.69 Å². The van der Waals surface area contributed by atoms with Gasteiger partial charge in [-0.2, -0.15) is 5.10 Å². The highest BCUT2D eigenvalue weighted by atomic mass is 19.1. The van der Waals surface area contributed by atoms with Gasteiger partial charge in [0.1, 0.15) is 5.82 Å². The lowest BCUT2D eigenvalue weighted by Crippen LogP contribution is -2.52. The number of nitrogens with zero attached hydrogens (tertiary/aromatic N) is 5. The van der Waals surface area contributed by atoms with Crippen LogP contribution in [0.25, 0.3) is 16.7 Å². The molecule has 1 saturated heterocycles. The normalized spacial score (nSPS) is 17.8. The van der Waals surface area contributed by atoms with Gasteiger partial charge in [0.25, 0.3) is 0 Å². The number of aromatic carboxylic acids is 1. The second-order valence-electron chi connectivity index (χ2n) is 9.07. The number of carboxylic acids is 1. The molecule has 1 saturated carbocycles.